The minimum Gasteiger partial charge on any atom is -0.490 e. The van der Waals surface area contributed by atoms with Crippen LogP contribution in [0.1, 0.15) is 0 Å². The second-order valence-corrected chi connectivity index (χ2v) is 3.06. The zero-order valence-electron chi connectivity index (χ0n) is 8.67. The summed E-state index contributed by atoms with van der Waals surface area (Å²) in [5.41, 5.74) is 0.0894. The average Bonchev–Trinajstić information content (AvgIpc) is 2.75. The van der Waals surface area contributed by atoms with Crippen molar-refractivity contribution in [1.29, 1.82) is 0 Å². The van der Waals surface area contributed by atoms with E-state index in [0.29, 0.717) is 5.56 Å². The van der Waals surface area contributed by atoms with Gasteiger partial charge in [-0.25, -0.2) is 9.89 Å². The largest absolute Gasteiger partial charge is 0.490 e. The third-order valence-corrected chi connectivity index (χ3v) is 2.06. The second-order valence-electron chi connectivity index (χ2n) is 3.06. The zero-order valence-corrected chi connectivity index (χ0v) is 8.67. The summed E-state index contributed by atoms with van der Waals surface area (Å²) in [6, 6.07) is 4.13. The maximum Gasteiger partial charge on any atom is 0.434 e. The summed E-state index contributed by atoms with van der Waals surface area (Å²) in [6.07, 6.45) is 0. The van der Waals surface area contributed by atoms with E-state index < -0.39 is 10.7 Å². The number of nitro benzene ring substituents is 1. The third kappa shape index (κ3) is 2.00. The molecule has 1 N–H and O–H groups in total. The van der Waals surface area contributed by atoms with Gasteiger partial charge in [-0.2, -0.15) is 0 Å². The molecule has 1 aromatic carbocycles. The van der Waals surface area contributed by atoms with Crippen LogP contribution in [0.2, 0.25) is 0 Å². The number of nitrogens with one attached hydrogen (secondary N) is 1. The lowest BCUT2D eigenvalue weighted by Crippen LogP contribution is -1.94. The Balaban J connectivity index is 2.54. The lowest BCUT2D eigenvalue weighted by atomic mass is 10.2. The average molecular weight is 237 g/mol. The fraction of sp³-hybridized carbons (Fsp3) is 0.111. The highest BCUT2D eigenvalue weighted by molar-refractivity contribution is 5.62. The van der Waals surface area contributed by atoms with Gasteiger partial charge in [0.15, 0.2) is 5.75 Å². The molecule has 0 radical (unpaired) electrons. The molecule has 88 valence electrons. The number of ether oxygens (including phenoxy) is 1. The zero-order chi connectivity index (χ0) is 12.4. The van der Waals surface area contributed by atoms with Crippen LogP contribution in [0.5, 0.6) is 5.75 Å². The Hall–Kier alpha value is -2.64. The minimum absolute atomic E-state index is 0.0132. The SMILES string of the molecule is COc1ccc(-c2n[nH]c(=O)o2)cc1[N+](=O)[O-]. The number of hydrogen-bond acceptors (Lipinski definition) is 6. The predicted octanol–water partition coefficient (Wildman–Crippen LogP) is 0.947. The molecule has 0 aliphatic heterocycles. The Morgan fingerprint density at radius 1 is 1.53 bits per heavy atom. The fourth-order valence-electron chi connectivity index (χ4n) is 1.32. The number of hydrogen-bond donors (Lipinski definition) is 1. The number of aromatic amines is 1. The van der Waals surface area contributed by atoms with Crippen LogP contribution in [0.4, 0.5) is 5.69 Å². The van der Waals surface area contributed by atoms with Gasteiger partial charge in [-0.3, -0.25) is 10.1 Å². The molecule has 8 nitrogen and oxygen atoms in total. The van der Waals surface area contributed by atoms with Gasteiger partial charge < -0.3 is 9.15 Å². The van der Waals surface area contributed by atoms with Crippen molar-refractivity contribution >= 4 is 5.69 Å². The van der Waals surface area contributed by atoms with E-state index >= 15 is 0 Å². The second kappa shape index (κ2) is 4.08. The molecule has 0 saturated carbocycles. The molecule has 2 rings (SSSR count). The van der Waals surface area contributed by atoms with Crippen molar-refractivity contribution in [2.75, 3.05) is 7.11 Å². The minimum atomic E-state index is -0.724. The molecule has 0 saturated heterocycles. The molecule has 17 heavy (non-hydrogen) atoms. The van der Waals surface area contributed by atoms with Gasteiger partial charge in [0.25, 0.3) is 0 Å². The number of benzene rings is 1. The Morgan fingerprint density at radius 3 is 2.82 bits per heavy atom. The molecule has 0 aliphatic carbocycles. The third-order valence-electron chi connectivity index (χ3n) is 2.06. The molecule has 2 aromatic rings. The van der Waals surface area contributed by atoms with Crippen molar-refractivity contribution < 1.29 is 14.1 Å². The summed E-state index contributed by atoms with van der Waals surface area (Å²) >= 11 is 0. The Morgan fingerprint density at radius 2 is 2.29 bits per heavy atom. The maximum atomic E-state index is 10.8. The van der Waals surface area contributed by atoms with Crippen molar-refractivity contribution in [3.05, 3.63) is 38.9 Å². The monoisotopic (exact) mass is 237 g/mol. The smallest absolute Gasteiger partial charge is 0.434 e. The number of aromatic nitrogens is 2. The summed E-state index contributed by atoms with van der Waals surface area (Å²) < 4.78 is 9.53. The van der Waals surface area contributed by atoms with Gasteiger partial charge in [-0.05, 0) is 12.1 Å². The van der Waals surface area contributed by atoms with Gasteiger partial charge in [0.05, 0.1) is 12.0 Å². The van der Waals surface area contributed by atoms with E-state index in [-0.39, 0.29) is 17.3 Å². The van der Waals surface area contributed by atoms with Crippen molar-refractivity contribution in [3.8, 4) is 17.2 Å². The standard InChI is InChI=1S/C9H7N3O5/c1-16-7-3-2-5(4-6(7)12(14)15)8-10-11-9(13)17-8/h2-4H,1H3,(H,11,13). The van der Waals surface area contributed by atoms with Crippen LogP contribution in [0.15, 0.2) is 27.4 Å². The van der Waals surface area contributed by atoms with Gasteiger partial charge in [0, 0.05) is 11.6 Å². The lowest BCUT2D eigenvalue weighted by Gasteiger charge is -2.01. The summed E-state index contributed by atoms with van der Waals surface area (Å²) in [5.74, 6) is -0.615. The first-order valence-corrected chi connectivity index (χ1v) is 4.50. The van der Waals surface area contributed by atoms with E-state index in [1.807, 2.05) is 0 Å². The number of methoxy groups -OCH3 is 1. The van der Waals surface area contributed by atoms with Gasteiger partial charge in [-0.1, -0.05) is 0 Å². The van der Waals surface area contributed by atoms with Crippen molar-refractivity contribution in [1.82, 2.24) is 10.2 Å². The molecule has 0 aliphatic rings. The van der Waals surface area contributed by atoms with Crippen LogP contribution < -0.4 is 10.5 Å². The van der Waals surface area contributed by atoms with E-state index in [0.717, 1.165) is 0 Å². The van der Waals surface area contributed by atoms with Crippen LogP contribution in [0, 0.1) is 10.1 Å². The summed E-state index contributed by atoms with van der Waals surface area (Å²) in [6.45, 7) is 0. The van der Waals surface area contributed by atoms with Crippen molar-refractivity contribution in [2.24, 2.45) is 0 Å². The molecule has 1 aromatic heterocycles. The van der Waals surface area contributed by atoms with Crippen LogP contribution >= 0.6 is 0 Å². The van der Waals surface area contributed by atoms with Crippen LogP contribution in [-0.4, -0.2) is 22.2 Å². The lowest BCUT2D eigenvalue weighted by molar-refractivity contribution is -0.385. The van der Waals surface area contributed by atoms with Gasteiger partial charge >= 0.3 is 11.4 Å². The fourth-order valence-corrected chi connectivity index (χ4v) is 1.32. The number of nitrogens with zero attached hydrogens (tertiary/aromatic N) is 2. The maximum absolute atomic E-state index is 10.8. The molecule has 0 unspecified atom stereocenters. The molecular weight excluding hydrogens is 230 g/mol. The Kier molecular flexibility index (Phi) is 2.61. The van der Waals surface area contributed by atoms with E-state index in [1.165, 1.54) is 25.3 Å². The quantitative estimate of drug-likeness (QED) is 0.628. The first-order chi connectivity index (χ1) is 8.11. The van der Waals surface area contributed by atoms with Gasteiger partial charge in [-0.15, -0.1) is 5.10 Å². The first kappa shape index (κ1) is 10.9. The number of H-pyrrole nitrogens is 1. The van der Waals surface area contributed by atoms with E-state index in [4.69, 9.17) is 9.15 Å². The van der Waals surface area contributed by atoms with Crippen molar-refractivity contribution in [2.45, 2.75) is 0 Å². The number of rotatable bonds is 3. The summed E-state index contributed by atoms with van der Waals surface area (Å²) in [7, 11) is 1.33. The van der Waals surface area contributed by atoms with E-state index in [9.17, 15) is 14.9 Å². The molecular formula is C9H7N3O5. The molecule has 8 heteroatoms. The summed E-state index contributed by atoms with van der Waals surface area (Å²) in [4.78, 5) is 20.9. The number of nitro groups is 1. The van der Waals surface area contributed by atoms with Crippen molar-refractivity contribution in [3.63, 3.8) is 0 Å². The Labute approximate surface area is 94.0 Å². The molecule has 0 spiro atoms. The van der Waals surface area contributed by atoms with Crippen LogP contribution in [0.25, 0.3) is 11.5 Å². The summed E-state index contributed by atoms with van der Waals surface area (Å²) in [5, 5.41) is 16.4. The highest BCUT2D eigenvalue weighted by atomic mass is 16.6. The van der Waals surface area contributed by atoms with Gasteiger partial charge in [0.2, 0.25) is 5.89 Å². The normalized spacial score (nSPS) is 10.2. The van der Waals surface area contributed by atoms with E-state index in [1.54, 1.807) is 0 Å². The first-order valence-electron chi connectivity index (χ1n) is 4.50. The predicted molar refractivity (Wildman–Crippen MR) is 55.8 cm³/mol. The molecule has 1 heterocycles. The van der Waals surface area contributed by atoms with Gasteiger partial charge in [0.1, 0.15) is 0 Å². The van der Waals surface area contributed by atoms with Crippen LogP contribution in [0.3, 0.4) is 0 Å². The van der Waals surface area contributed by atoms with E-state index in [2.05, 4.69) is 10.2 Å². The molecule has 0 atom stereocenters. The van der Waals surface area contributed by atoms with Crippen LogP contribution in [-0.2, 0) is 0 Å². The molecule has 0 fully saturated rings. The Bertz CT molecular complexity index is 615. The molecule has 0 amide bonds. The molecule has 0 bridgehead atoms. The highest BCUT2D eigenvalue weighted by Crippen LogP contribution is 2.30. The highest BCUT2D eigenvalue weighted by Gasteiger charge is 2.17. The topological polar surface area (TPSA) is 111 Å².